The number of nitrogens with one attached hydrogen (secondary N) is 1. The number of hydrogen-bond donors (Lipinski definition) is 1. The van der Waals surface area contributed by atoms with E-state index in [0.717, 1.165) is 44.7 Å². The third kappa shape index (κ3) is 5.34. The fraction of sp³-hybridized carbons (Fsp3) is 0.611. The van der Waals surface area contributed by atoms with Crippen LogP contribution in [-0.2, 0) is 11.2 Å². The summed E-state index contributed by atoms with van der Waals surface area (Å²) in [5.74, 6) is 1.80. The van der Waals surface area contributed by atoms with Gasteiger partial charge in [0, 0.05) is 33.3 Å². The molecule has 1 aromatic rings. The first-order valence-corrected chi connectivity index (χ1v) is 8.40. The van der Waals surface area contributed by atoms with Gasteiger partial charge in [-0.2, -0.15) is 0 Å². The molecule has 0 aliphatic carbocycles. The van der Waals surface area contributed by atoms with Crippen molar-refractivity contribution in [2.24, 2.45) is 10.9 Å². The number of guanidine groups is 1. The molecule has 1 aromatic carbocycles. The van der Waals surface area contributed by atoms with Crippen molar-refractivity contribution in [1.29, 1.82) is 0 Å². The molecule has 0 amide bonds. The predicted octanol–water partition coefficient (Wildman–Crippen LogP) is 2.55. The molecule has 0 aromatic heterocycles. The quantitative estimate of drug-likeness (QED) is 0.498. The zero-order chi connectivity index (χ0) is 15.6. The van der Waals surface area contributed by atoms with Gasteiger partial charge in [-0.05, 0) is 37.7 Å². The Kier molecular flexibility index (Phi) is 7.23. The van der Waals surface area contributed by atoms with Crippen LogP contribution in [0.1, 0.15) is 25.3 Å². The molecule has 2 rings (SSSR count). The molecule has 0 spiro atoms. The Morgan fingerprint density at radius 3 is 2.64 bits per heavy atom. The van der Waals surface area contributed by atoms with Gasteiger partial charge in [-0.15, -0.1) is 0 Å². The van der Waals surface area contributed by atoms with E-state index >= 15 is 0 Å². The van der Waals surface area contributed by atoms with Crippen molar-refractivity contribution in [3.05, 3.63) is 35.9 Å². The van der Waals surface area contributed by atoms with Crippen molar-refractivity contribution in [3.63, 3.8) is 0 Å². The SMILES string of the molecule is CCOCCNC(=NC)N1CCC(Cc2ccccc2)CC1. The number of hydrogen-bond acceptors (Lipinski definition) is 2. The monoisotopic (exact) mass is 303 g/mol. The van der Waals surface area contributed by atoms with Gasteiger partial charge in [0.25, 0.3) is 0 Å². The lowest BCUT2D eigenvalue weighted by Gasteiger charge is -2.34. The van der Waals surface area contributed by atoms with E-state index in [9.17, 15) is 0 Å². The van der Waals surface area contributed by atoms with Gasteiger partial charge in [0.1, 0.15) is 0 Å². The Balaban J connectivity index is 1.73. The van der Waals surface area contributed by atoms with E-state index in [1.807, 2.05) is 14.0 Å². The van der Waals surface area contributed by atoms with Gasteiger partial charge in [-0.3, -0.25) is 4.99 Å². The highest BCUT2D eigenvalue weighted by molar-refractivity contribution is 5.79. The van der Waals surface area contributed by atoms with Crippen LogP contribution in [0.2, 0.25) is 0 Å². The van der Waals surface area contributed by atoms with Gasteiger partial charge < -0.3 is 15.0 Å². The highest BCUT2D eigenvalue weighted by atomic mass is 16.5. The number of likely N-dealkylation sites (tertiary alicyclic amines) is 1. The van der Waals surface area contributed by atoms with Crippen molar-refractivity contribution < 1.29 is 4.74 Å². The van der Waals surface area contributed by atoms with Crippen LogP contribution >= 0.6 is 0 Å². The predicted molar refractivity (Wildman–Crippen MR) is 92.3 cm³/mol. The summed E-state index contributed by atoms with van der Waals surface area (Å²) < 4.78 is 5.36. The van der Waals surface area contributed by atoms with Crippen LogP contribution in [0, 0.1) is 5.92 Å². The molecular weight excluding hydrogens is 274 g/mol. The molecule has 1 heterocycles. The zero-order valence-corrected chi connectivity index (χ0v) is 13.9. The Morgan fingerprint density at radius 1 is 1.27 bits per heavy atom. The molecule has 0 unspecified atom stereocenters. The van der Waals surface area contributed by atoms with Crippen LogP contribution in [0.4, 0.5) is 0 Å². The Bertz CT molecular complexity index is 439. The maximum atomic E-state index is 5.36. The molecule has 0 bridgehead atoms. The second-order valence-corrected chi connectivity index (χ2v) is 5.79. The lowest BCUT2D eigenvalue weighted by Crippen LogP contribution is -2.46. The van der Waals surface area contributed by atoms with Crippen molar-refractivity contribution >= 4 is 5.96 Å². The van der Waals surface area contributed by atoms with E-state index in [0.29, 0.717) is 0 Å². The summed E-state index contributed by atoms with van der Waals surface area (Å²) in [5, 5.41) is 3.39. The minimum absolute atomic E-state index is 0.736. The number of aliphatic imine (C=N–C) groups is 1. The van der Waals surface area contributed by atoms with Gasteiger partial charge >= 0.3 is 0 Å². The number of benzene rings is 1. The smallest absolute Gasteiger partial charge is 0.193 e. The minimum atomic E-state index is 0.736. The summed E-state index contributed by atoms with van der Waals surface area (Å²) in [5.41, 5.74) is 1.46. The maximum Gasteiger partial charge on any atom is 0.193 e. The fourth-order valence-electron chi connectivity index (χ4n) is 3.01. The Labute approximate surface area is 134 Å². The normalized spacial score (nSPS) is 16.8. The van der Waals surface area contributed by atoms with Crippen LogP contribution in [0.25, 0.3) is 0 Å². The average Bonchev–Trinajstić information content (AvgIpc) is 2.57. The summed E-state index contributed by atoms with van der Waals surface area (Å²) in [6, 6.07) is 10.8. The van der Waals surface area contributed by atoms with Crippen LogP contribution < -0.4 is 5.32 Å². The molecule has 1 aliphatic rings. The summed E-state index contributed by atoms with van der Waals surface area (Å²) in [6.45, 7) is 6.53. The molecule has 1 saturated heterocycles. The summed E-state index contributed by atoms with van der Waals surface area (Å²) in [7, 11) is 1.86. The lowest BCUT2D eigenvalue weighted by molar-refractivity contribution is 0.151. The minimum Gasteiger partial charge on any atom is -0.380 e. The van der Waals surface area contributed by atoms with Gasteiger partial charge in [-0.25, -0.2) is 0 Å². The Hall–Kier alpha value is -1.55. The van der Waals surface area contributed by atoms with E-state index < -0.39 is 0 Å². The van der Waals surface area contributed by atoms with E-state index in [-0.39, 0.29) is 0 Å². The lowest BCUT2D eigenvalue weighted by atomic mass is 9.90. The molecule has 122 valence electrons. The third-order valence-electron chi connectivity index (χ3n) is 4.23. The van der Waals surface area contributed by atoms with Crippen molar-refractivity contribution in [3.8, 4) is 0 Å². The van der Waals surface area contributed by atoms with Crippen LogP contribution in [-0.4, -0.2) is 50.8 Å². The largest absolute Gasteiger partial charge is 0.380 e. The Morgan fingerprint density at radius 2 is 2.00 bits per heavy atom. The van der Waals surface area contributed by atoms with Gasteiger partial charge in [-0.1, -0.05) is 30.3 Å². The van der Waals surface area contributed by atoms with Gasteiger partial charge in [0.05, 0.1) is 6.61 Å². The second-order valence-electron chi connectivity index (χ2n) is 5.79. The zero-order valence-electron chi connectivity index (χ0n) is 13.9. The van der Waals surface area contributed by atoms with Crippen LogP contribution in [0.3, 0.4) is 0 Å². The molecule has 0 radical (unpaired) electrons. The summed E-state index contributed by atoms with van der Waals surface area (Å²) in [4.78, 5) is 6.76. The number of piperidine rings is 1. The van der Waals surface area contributed by atoms with E-state index in [1.54, 1.807) is 0 Å². The van der Waals surface area contributed by atoms with E-state index in [1.165, 1.54) is 24.8 Å². The molecule has 22 heavy (non-hydrogen) atoms. The number of rotatable bonds is 6. The van der Waals surface area contributed by atoms with Crippen molar-refractivity contribution in [2.75, 3.05) is 39.9 Å². The topological polar surface area (TPSA) is 36.9 Å². The third-order valence-corrected chi connectivity index (χ3v) is 4.23. The summed E-state index contributed by atoms with van der Waals surface area (Å²) >= 11 is 0. The first-order valence-electron chi connectivity index (χ1n) is 8.40. The van der Waals surface area contributed by atoms with Crippen LogP contribution in [0.5, 0.6) is 0 Å². The molecule has 0 atom stereocenters. The standard InChI is InChI=1S/C18H29N3O/c1-3-22-14-11-20-18(19-2)21-12-9-17(10-13-21)15-16-7-5-4-6-8-16/h4-8,17H,3,9-15H2,1-2H3,(H,19,20). The molecule has 4 nitrogen and oxygen atoms in total. The highest BCUT2D eigenvalue weighted by Crippen LogP contribution is 2.21. The first-order chi connectivity index (χ1) is 10.8. The number of ether oxygens (including phenoxy) is 1. The van der Waals surface area contributed by atoms with E-state index in [4.69, 9.17) is 4.74 Å². The van der Waals surface area contributed by atoms with Crippen molar-refractivity contribution in [2.45, 2.75) is 26.2 Å². The molecule has 1 fully saturated rings. The van der Waals surface area contributed by atoms with Crippen molar-refractivity contribution in [1.82, 2.24) is 10.2 Å². The van der Waals surface area contributed by atoms with E-state index in [2.05, 4.69) is 45.5 Å². The average molecular weight is 303 g/mol. The van der Waals surface area contributed by atoms with Gasteiger partial charge in [0.15, 0.2) is 5.96 Å². The summed E-state index contributed by atoms with van der Waals surface area (Å²) in [6.07, 6.45) is 3.67. The molecule has 0 saturated carbocycles. The molecule has 4 heteroatoms. The first kappa shape index (κ1) is 16.8. The molecule has 1 aliphatic heterocycles. The number of nitrogens with zero attached hydrogens (tertiary/aromatic N) is 2. The maximum absolute atomic E-state index is 5.36. The van der Waals surface area contributed by atoms with Crippen LogP contribution in [0.15, 0.2) is 35.3 Å². The molecule has 1 N–H and O–H groups in total. The fourth-order valence-corrected chi connectivity index (χ4v) is 3.01. The second kappa shape index (κ2) is 9.46. The van der Waals surface area contributed by atoms with Gasteiger partial charge in [0.2, 0.25) is 0 Å². The highest BCUT2D eigenvalue weighted by Gasteiger charge is 2.21. The molecular formula is C18H29N3O.